The first-order valence-electron chi connectivity index (χ1n) is 12.7. The highest BCUT2D eigenvalue weighted by Gasteiger charge is 2.41. The Hall–Kier alpha value is -3.69. The molecule has 1 aliphatic rings. The number of nitrogens with one attached hydrogen (secondary N) is 2. The van der Waals surface area contributed by atoms with Crippen LogP contribution in [-0.4, -0.2) is 39.1 Å². The van der Waals surface area contributed by atoms with Gasteiger partial charge in [0.15, 0.2) is 5.11 Å². The van der Waals surface area contributed by atoms with E-state index in [0.717, 1.165) is 32.8 Å². The fourth-order valence-electron chi connectivity index (χ4n) is 5.24. The molecule has 2 N–H and O–H groups in total. The molecule has 2 aromatic heterocycles. The molecule has 3 heterocycles. The van der Waals surface area contributed by atoms with Crippen LogP contribution >= 0.6 is 28.1 Å². The van der Waals surface area contributed by atoms with Crippen molar-refractivity contribution in [3.05, 3.63) is 106 Å². The highest BCUT2D eigenvalue weighted by Crippen LogP contribution is 2.41. The Morgan fingerprint density at radius 3 is 2.56 bits per heavy atom. The first-order chi connectivity index (χ1) is 18.9. The van der Waals surface area contributed by atoms with Gasteiger partial charge in [0.05, 0.1) is 30.6 Å². The van der Waals surface area contributed by atoms with Crippen molar-refractivity contribution in [2.24, 2.45) is 0 Å². The van der Waals surface area contributed by atoms with Gasteiger partial charge in [-0.25, -0.2) is 0 Å². The monoisotopic (exact) mass is 603 g/mol. The lowest BCUT2D eigenvalue weighted by molar-refractivity contribution is -0.116. The Kier molecular flexibility index (Phi) is 7.99. The van der Waals surface area contributed by atoms with E-state index in [1.54, 1.807) is 13.3 Å². The van der Waals surface area contributed by atoms with Gasteiger partial charge in [0.1, 0.15) is 5.75 Å². The number of para-hydroxylation sites is 2. The van der Waals surface area contributed by atoms with Crippen molar-refractivity contribution in [2.45, 2.75) is 32.4 Å². The van der Waals surface area contributed by atoms with Crippen LogP contribution in [0.4, 0.5) is 5.69 Å². The third kappa shape index (κ3) is 5.55. The number of nitrogens with zero attached hydrogens (tertiary/aromatic N) is 3. The number of amides is 1. The van der Waals surface area contributed by atoms with E-state index in [1.165, 1.54) is 0 Å². The molecule has 2 aromatic carbocycles. The average Bonchev–Trinajstić information content (AvgIpc) is 3.43. The molecule has 7 nitrogen and oxygen atoms in total. The van der Waals surface area contributed by atoms with Gasteiger partial charge in [0, 0.05) is 40.7 Å². The third-order valence-corrected chi connectivity index (χ3v) is 7.91. The lowest BCUT2D eigenvalue weighted by atomic mass is 9.96. The van der Waals surface area contributed by atoms with E-state index in [9.17, 15) is 4.79 Å². The fraction of sp³-hybridized carbons (Fsp3) is 0.233. The topological polar surface area (TPSA) is 71.4 Å². The molecule has 9 heteroatoms. The normalized spacial score (nSPS) is 16.7. The molecule has 1 fully saturated rings. The second kappa shape index (κ2) is 11.6. The second-order valence-electron chi connectivity index (χ2n) is 9.46. The zero-order valence-electron chi connectivity index (χ0n) is 22.0. The molecular formula is C30H30BrN5O2S. The SMILES string of the molecule is COc1ccccc1NC(=O)CCN1C(=S)N[C@H](c2ccccn2)[C@H]1c1cc(C)n(-c2ccc(Br)cc2)c1C. The molecule has 0 aliphatic carbocycles. The first kappa shape index (κ1) is 26.9. The number of ether oxygens (including phenoxy) is 1. The highest BCUT2D eigenvalue weighted by molar-refractivity contribution is 9.10. The summed E-state index contributed by atoms with van der Waals surface area (Å²) in [5.41, 5.74) is 6.02. The summed E-state index contributed by atoms with van der Waals surface area (Å²) in [5, 5.41) is 7.07. The van der Waals surface area contributed by atoms with Gasteiger partial charge in [0.2, 0.25) is 5.91 Å². The van der Waals surface area contributed by atoms with Crippen LogP contribution in [0.25, 0.3) is 5.69 Å². The van der Waals surface area contributed by atoms with E-state index in [-0.39, 0.29) is 24.4 Å². The van der Waals surface area contributed by atoms with E-state index in [2.05, 4.69) is 73.1 Å². The predicted molar refractivity (Wildman–Crippen MR) is 161 cm³/mol. The smallest absolute Gasteiger partial charge is 0.226 e. The van der Waals surface area contributed by atoms with Crippen molar-refractivity contribution in [3.8, 4) is 11.4 Å². The number of anilines is 1. The Morgan fingerprint density at radius 2 is 1.85 bits per heavy atom. The maximum atomic E-state index is 13.0. The van der Waals surface area contributed by atoms with Gasteiger partial charge >= 0.3 is 0 Å². The molecule has 0 bridgehead atoms. The van der Waals surface area contributed by atoms with E-state index in [4.69, 9.17) is 17.0 Å². The summed E-state index contributed by atoms with van der Waals surface area (Å²) < 4.78 is 8.67. The summed E-state index contributed by atoms with van der Waals surface area (Å²) in [6.45, 7) is 4.69. The second-order valence-corrected chi connectivity index (χ2v) is 10.8. The zero-order valence-corrected chi connectivity index (χ0v) is 24.4. The summed E-state index contributed by atoms with van der Waals surface area (Å²) >= 11 is 9.36. The predicted octanol–water partition coefficient (Wildman–Crippen LogP) is 6.26. The maximum absolute atomic E-state index is 13.0. The van der Waals surface area contributed by atoms with Crippen molar-refractivity contribution in [1.29, 1.82) is 0 Å². The van der Waals surface area contributed by atoms with Crippen LogP contribution in [0, 0.1) is 13.8 Å². The molecule has 0 spiro atoms. The van der Waals surface area contributed by atoms with Gasteiger partial charge in [-0.1, -0.05) is 34.1 Å². The standard InChI is InChI=1S/C30H30BrN5O2S/c1-19-18-23(20(2)36(19)22-13-11-21(31)12-14-22)29-28(25-9-6-7-16-32-25)34-30(39)35(29)17-15-27(37)33-24-8-4-5-10-26(24)38-3/h4-14,16,18,28-29H,15,17H2,1-3H3,(H,33,37)(H,34,39)/t28-,29-/m1/s1. The number of methoxy groups -OCH3 is 1. The van der Waals surface area contributed by atoms with Crippen LogP contribution in [0.2, 0.25) is 0 Å². The third-order valence-electron chi connectivity index (χ3n) is 7.03. The van der Waals surface area contributed by atoms with Crippen molar-refractivity contribution in [3.63, 3.8) is 0 Å². The molecular weight excluding hydrogens is 574 g/mol. The lowest BCUT2D eigenvalue weighted by Gasteiger charge is -2.28. The minimum atomic E-state index is -0.158. The van der Waals surface area contributed by atoms with Crippen molar-refractivity contribution in [2.75, 3.05) is 19.0 Å². The molecule has 5 rings (SSSR count). The molecule has 0 saturated carbocycles. The van der Waals surface area contributed by atoms with Gasteiger partial charge in [-0.15, -0.1) is 0 Å². The first-order valence-corrected chi connectivity index (χ1v) is 13.9. The number of carbonyl (C=O) groups excluding carboxylic acids is 1. The zero-order chi connectivity index (χ0) is 27.5. The van der Waals surface area contributed by atoms with Crippen LogP contribution in [0.5, 0.6) is 5.75 Å². The molecule has 200 valence electrons. The number of halogens is 1. The van der Waals surface area contributed by atoms with E-state index < -0.39 is 0 Å². The van der Waals surface area contributed by atoms with Crippen molar-refractivity contribution < 1.29 is 9.53 Å². The van der Waals surface area contributed by atoms with E-state index in [0.29, 0.717) is 23.1 Å². The summed E-state index contributed by atoms with van der Waals surface area (Å²) in [5.74, 6) is 0.514. The quantitative estimate of drug-likeness (QED) is 0.232. The van der Waals surface area contributed by atoms with Gasteiger partial charge in [-0.3, -0.25) is 9.78 Å². The van der Waals surface area contributed by atoms with E-state index >= 15 is 0 Å². The molecule has 2 atom stereocenters. The van der Waals surface area contributed by atoms with Crippen LogP contribution < -0.4 is 15.4 Å². The number of pyridine rings is 1. The van der Waals surface area contributed by atoms with Crippen LogP contribution in [0.15, 0.2) is 83.5 Å². The number of carbonyl (C=O) groups is 1. The minimum Gasteiger partial charge on any atom is -0.495 e. The summed E-state index contributed by atoms with van der Waals surface area (Å²) in [7, 11) is 1.59. The van der Waals surface area contributed by atoms with Gasteiger partial charge < -0.3 is 24.8 Å². The number of hydrogen-bond acceptors (Lipinski definition) is 4. The average molecular weight is 605 g/mol. The van der Waals surface area contributed by atoms with Crippen LogP contribution in [-0.2, 0) is 4.79 Å². The molecule has 39 heavy (non-hydrogen) atoms. The molecule has 1 saturated heterocycles. The Labute approximate surface area is 242 Å². The highest BCUT2D eigenvalue weighted by atomic mass is 79.9. The molecule has 1 amide bonds. The Morgan fingerprint density at radius 1 is 1.10 bits per heavy atom. The van der Waals surface area contributed by atoms with Gasteiger partial charge in [-0.05, 0) is 86.2 Å². The molecule has 0 radical (unpaired) electrons. The Bertz CT molecular complexity index is 1490. The summed E-state index contributed by atoms with van der Waals surface area (Å²) in [4.78, 5) is 19.8. The van der Waals surface area contributed by atoms with Crippen molar-refractivity contribution >= 4 is 44.9 Å². The minimum absolute atomic E-state index is 0.109. The largest absolute Gasteiger partial charge is 0.495 e. The molecule has 4 aromatic rings. The Balaban J connectivity index is 1.46. The van der Waals surface area contributed by atoms with E-state index in [1.807, 2.05) is 54.6 Å². The van der Waals surface area contributed by atoms with Crippen LogP contribution in [0.3, 0.4) is 0 Å². The van der Waals surface area contributed by atoms with Crippen molar-refractivity contribution in [1.82, 2.24) is 19.8 Å². The number of aromatic nitrogens is 2. The molecule has 0 unspecified atom stereocenters. The van der Waals surface area contributed by atoms with Gasteiger partial charge in [0.25, 0.3) is 0 Å². The number of thiocarbonyl (C=S) groups is 1. The van der Waals surface area contributed by atoms with Gasteiger partial charge in [-0.2, -0.15) is 0 Å². The van der Waals surface area contributed by atoms with Crippen LogP contribution in [0.1, 0.15) is 41.1 Å². The number of aryl methyl sites for hydroxylation is 1. The molecule has 1 aliphatic heterocycles. The number of benzene rings is 2. The fourth-order valence-corrected chi connectivity index (χ4v) is 5.84. The summed E-state index contributed by atoms with van der Waals surface area (Å²) in [6.07, 6.45) is 2.06. The maximum Gasteiger partial charge on any atom is 0.226 e. The summed E-state index contributed by atoms with van der Waals surface area (Å²) in [6, 6.07) is 23.5. The number of hydrogen-bond donors (Lipinski definition) is 2. The lowest BCUT2D eigenvalue weighted by Crippen LogP contribution is -2.33. The number of rotatable bonds is 8.